The molecule has 0 saturated carbocycles. The summed E-state index contributed by atoms with van der Waals surface area (Å²) in [4.78, 5) is 19.7. The molecule has 0 atom stereocenters. The first kappa shape index (κ1) is 38.6. The average molecular weight is 779 g/mol. The van der Waals surface area contributed by atoms with Crippen molar-refractivity contribution >= 4 is 64.1 Å². The van der Waals surface area contributed by atoms with Gasteiger partial charge in [-0.2, -0.15) is 0 Å². The van der Waals surface area contributed by atoms with Gasteiger partial charge in [0.2, 0.25) is 0 Å². The van der Waals surface area contributed by atoms with Crippen LogP contribution in [0.2, 0.25) is 20.6 Å². The minimum absolute atomic E-state index is 0.343. The maximum atomic E-state index is 10.6. The molecule has 2 aliphatic heterocycles. The van der Waals surface area contributed by atoms with Gasteiger partial charge in [0, 0.05) is 83.1 Å². The van der Waals surface area contributed by atoms with E-state index >= 15 is 0 Å². The third-order valence-electron chi connectivity index (χ3n) is 8.33. The van der Waals surface area contributed by atoms with E-state index in [0.717, 1.165) is 100 Å². The highest BCUT2D eigenvalue weighted by Gasteiger charge is 2.21. The number of carbonyl (C=O) groups excluding carboxylic acids is 1. The van der Waals surface area contributed by atoms with E-state index in [4.69, 9.17) is 60.6 Å². The number of aromatic nitrogens is 4. The highest BCUT2D eigenvalue weighted by molar-refractivity contribution is 6.34. The molecular weight excluding hydrogens is 738 g/mol. The number of nitrogens with zero attached hydrogens (tertiary/aromatic N) is 8. The van der Waals surface area contributed by atoms with Gasteiger partial charge >= 0.3 is 0 Å². The molecule has 4 aromatic rings. The number of piperazine rings is 2. The summed E-state index contributed by atoms with van der Waals surface area (Å²) in [7, 11) is 0. The van der Waals surface area contributed by atoms with Crippen molar-refractivity contribution in [3.05, 3.63) is 86.8 Å². The Balaban J connectivity index is 0.000000198. The number of ether oxygens (including phenoxy) is 3. The zero-order chi connectivity index (χ0) is 36.0. The molecule has 6 rings (SSSR count). The average Bonchev–Trinajstić information content (AvgIpc) is 3.16. The number of hydrogen-bond donors (Lipinski definition) is 0. The zero-order valence-electron chi connectivity index (χ0n) is 28.3. The number of aldehydes is 1. The summed E-state index contributed by atoms with van der Waals surface area (Å²) in [6.07, 6.45) is 0.820. The molecule has 2 fully saturated rings. The Labute approximate surface area is 318 Å². The SMILES string of the molecule is CCOc1ccc(OCCN2CCN(c3cc(Cl)nnc3Cl)CC2)cc1.O=Cc1ccc(OCCN2CCN(c3cc(Cl)nnc3Cl)CC2)cc1. The van der Waals surface area contributed by atoms with Crippen LogP contribution in [0.15, 0.2) is 60.7 Å². The van der Waals surface area contributed by atoms with Crippen molar-refractivity contribution < 1.29 is 19.0 Å². The Morgan fingerprint density at radius 2 is 0.980 bits per heavy atom. The van der Waals surface area contributed by atoms with Crippen LogP contribution < -0.4 is 24.0 Å². The van der Waals surface area contributed by atoms with Crippen LogP contribution in [0.5, 0.6) is 17.2 Å². The molecular formula is C35H40Cl4N8O4. The van der Waals surface area contributed by atoms with Gasteiger partial charge in [-0.05, 0) is 55.5 Å². The Morgan fingerprint density at radius 3 is 1.37 bits per heavy atom. The van der Waals surface area contributed by atoms with Crippen LogP contribution >= 0.6 is 46.4 Å². The molecule has 0 N–H and O–H groups in total. The fourth-order valence-corrected chi connectivity index (χ4v) is 6.29. The second kappa shape index (κ2) is 19.8. The highest BCUT2D eigenvalue weighted by Crippen LogP contribution is 2.27. The van der Waals surface area contributed by atoms with E-state index in [1.165, 1.54) is 0 Å². The van der Waals surface area contributed by atoms with Crippen LogP contribution in [-0.4, -0.2) is 122 Å². The topological polar surface area (TPSA) is 109 Å². The van der Waals surface area contributed by atoms with Crippen LogP contribution in [-0.2, 0) is 0 Å². The molecule has 4 heterocycles. The molecule has 0 bridgehead atoms. The fraction of sp³-hybridized carbons (Fsp3) is 0.400. The standard InChI is InChI=1S/C18H22Cl2N4O2.C17H18Cl2N4O2/c1-2-25-14-3-5-15(6-4-14)26-12-11-23-7-9-24(10-8-23)16-13-17(19)21-22-18(16)20;18-16-11-15(17(19)21-20-16)23-7-5-22(6-8-23)9-10-25-14-3-1-13(12-24)2-4-14/h3-6,13H,2,7-12H2,1H3;1-4,11-12H,5-10H2. The van der Waals surface area contributed by atoms with Gasteiger partial charge in [-0.15, -0.1) is 20.4 Å². The Kier molecular flexibility index (Phi) is 15.0. The first-order valence-electron chi connectivity index (χ1n) is 16.7. The molecule has 51 heavy (non-hydrogen) atoms. The third kappa shape index (κ3) is 11.9. The van der Waals surface area contributed by atoms with Gasteiger partial charge in [-0.1, -0.05) is 46.4 Å². The fourth-order valence-electron chi connectivity index (χ4n) is 5.58. The summed E-state index contributed by atoms with van der Waals surface area (Å²) in [6, 6.07) is 18.4. The van der Waals surface area contributed by atoms with Gasteiger partial charge < -0.3 is 24.0 Å². The van der Waals surface area contributed by atoms with Crippen LogP contribution in [0.1, 0.15) is 17.3 Å². The van der Waals surface area contributed by atoms with Crippen molar-refractivity contribution in [1.82, 2.24) is 30.2 Å². The minimum atomic E-state index is 0.343. The predicted octanol–water partition coefficient (Wildman–Crippen LogP) is 6.18. The van der Waals surface area contributed by atoms with E-state index in [1.807, 2.05) is 43.3 Å². The van der Waals surface area contributed by atoms with Crippen molar-refractivity contribution in [3.8, 4) is 17.2 Å². The normalized spacial score (nSPS) is 15.2. The summed E-state index contributed by atoms with van der Waals surface area (Å²) >= 11 is 24.1. The zero-order valence-corrected chi connectivity index (χ0v) is 31.3. The molecule has 0 spiro atoms. The summed E-state index contributed by atoms with van der Waals surface area (Å²) in [5.74, 6) is 2.49. The van der Waals surface area contributed by atoms with Gasteiger partial charge in [-0.3, -0.25) is 14.6 Å². The van der Waals surface area contributed by atoms with Gasteiger partial charge in [0.15, 0.2) is 20.6 Å². The molecule has 272 valence electrons. The lowest BCUT2D eigenvalue weighted by atomic mass is 10.2. The van der Waals surface area contributed by atoms with Crippen LogP contribution in [0.4, 0.5) is 11.4 Å². The quantitative estimate of drug-likeness (QED) is 0.145. The molecule has 0 aliphatic carbocycles. The molecule has 2 aliphatic rings. The predicted molar refractivity (Wildman–Crippen MR) is 202 cm³/mol. The van der Waals surface area contributed by atoms with E-state index < -0.39 is 0 Å². The lowest BCUT2D eigenvalue weighted by Gasteiger charge is -2.36. The molecule has 2 aromatic heterocycles. The number of hydrogen-bond acceptors (Lipinski definition) is 12. The van der Waals surface area contributed by atoms with Gasteiger partial charge in [-0.25, -0.2) is 0 Å². The molecule has 2 saturated heterocycles. The first-order chi connectivity index (χ1) is 24.8. The highest BCUT2D eigenvalue weighted by atomic mass is 35.5. The number of carbonyl (C=O) groups is 1. The van der Waals surface area contributed by atoms with E-state index in [1.54, 1.807) is 24.3 Å². The maximum absolute atomic E-state index is 10.6. The number of anilines is 2. The summed E-state index contributed by atoms with van der Waals surface area (Å²) in [5, 5.41) is 16.7. The van der Waals surface area contributed by atoms with Gasteiger partial charge in [0.1, 0.15) is 36.7 Å². The van der Waals surface area contributed by atoms with Gasteiger partial charge in [0.05, 0.1) is 18.0 Å². The summed E-state index contributed by atoms with van der Waals surface area (Å²) in [5.41, 5.74) is 2.32. The second-order valence-electron chi connectivity index (χ2n) is 11.6. The molecule has 12 nitrogen and oxygen atoms in total. The van der Waals surface area contributed by atoms with E-state index in [0.29, 0.717) is 46.0 Å². The smallest absolute Gasteiger partial charge is 0.175 e. The summed E-state index contributed by atoms with van der Waals surface area (Å²) < 4.78 is 17.0. The largest absolute Gasteiger partial charge is 0.494 e. The minimum Gasteiger partial charge on any atom is -0.494 e. The maximum Gasteiger partial charge on any atom is 0.175 e. The lowest BCUT2D eigenvalue weighted by Crippen LogP contribution is -2.47. The van der Waals surface area contributed by atoms with Crippen LogP contribution in [0.25, 0.3) is 0 Å². The number of halogens is 4. The molecule has 0 radical (unpaired) electrons. The van der Waals surface area contributed by atoms with Crippen molar-refractivity contribution in [1.29, 1.82) is 0 Å². The molecule has 0 amide bonds. The Hall–Kier alpha value is -3.65. The van der Waals surface area contributed by atoms with E-state index in [9.17, 15) is 4.79 Å². The van der Waals surface area contributed by atoms with Crippen LogP contribution in [0, 0.1) is 0 Å². The van der Waals surface area contributed by atoms with E-state index in [-0.39, 0.29) is 0 Å². The van der Waals surface area contributed by atoms with Gasteiger partial charge in [0.25, 0.3) is 0 Å². The van der Waals surface area contributed by atoms with Crippen molar-refractivity contribution in [3.63, 3.8) is 0 Å². The molecule has 0 unspecified atom stereocenters. The molecule has 16 heteroatoms. The molecule has 2 aromatic carbocycles. The number of benzene rings is 2. The second-order valence-corrected chi connectivity index (χ2v) is 13.1. The Morgan fingerprint density at radius 1 is 0.588 bits per heavy atom. The van der Waals surface area contributed by atoms with Crippen molar-refractivity contribution in [2.45, 2.75) is 6.92 Å². The third-order valence-corrected chi connectivity index (χ3v) is 9.24. The van der Waals surface area contributed by atoms with Crippen molar-refractivity contribution in [2.24, 2.45) is 0 Å². The first-order valence-corrected chi connectivity index (χ1v) is 18.2. The monoisotopic (exact) mass is 776 g/mol. The lowest BCUT2D eigenvalue weighted by molar-refractivity contribution is 0.112. The summed E-state index contributed by atoms with van der Waals surface area (Å²) in [6.45, 7) is 12.7. The Bertz CT molecular complexity index is 1670. The van der Waals surface area contributed by atoms with E-state index in [2.05, 4.69) is 40.0 Å². The van der Waals surface area contributed by atoms with Crippen LogP contribution in [0.3, 0.4) is 0 Å². The van der Waals surface area contributed by atoms with Crippen molar-refractivity contribution in [2.75, 3.05) is 95.1 Å². The number of rotatable bonds is 13.